The van der Waals surface area contributed by atoms with Gasteiger partial charge in [0, 0.05) is 13.5 Å². The van der Waals surface area contributed by atoms with Crippen molar-refractivity contribution in [1.29, 1.82) is 5.41 Å². The van der Waals surface area contributed by atoms with E-state index in [2.05, 4.69) is 36.5 Å². The summed E-state index contributed by atoms with van der Waals surface area (Å²) in [5.41, 5.74) is 5.71. The molecular weight excluding hydrogens is 364 g/mol. The highest BCUT2D eigenvalue weighted by atomic mass is 79.9. The molecule has 0 aliphatic heterocycles. The molecule has 23 heavy (non-hydrogen) atoms. The fourth-order valence-corrected chi connectivity index (χ4v) is 2.64. The summed E-state index contributed by atoms with van der Waals surface area (Å²) in [6.45, 7) is 5.48. The molecule has 0 spiro atoms. The van der Waals surface area contributed by atoms with E-state index in [9.17, 15) is 4.79 Å². The molecule has 1 amide bonds. The fraction of sp³-hybridized carbons (Fsp3) is 0.571. The van der Waals surface area contributed by atoms with Crippen molar-refractivity contribution >= 4 is 38.3 Å². The van der Waals surface area contributed by atoms with Crippen molar-refractivity contribution < 1.29 is 11.0 Å². The van der Waals surface area contributed by atoms with E-state index in [4.69, 9.17) is 15.9 Å². The summed E-state index contributed by atoms with van der Waals surface area (Å²) in [4.78, 5) is 19.7. The number of alkyl carbamates (subject to hydrolysis) is 1. The van der Waals surface area contributed by atoms with E-state index in [1.165, 1.54) is 6.33 Å². The summed E-state index contributed by atoms with van der Waals surface area (Å²) in [6.07, 6.45) is 2.44. The Kier molecular flexibility index (Phi) is 5.08. The second kappa shape index (κ2) is 6.69. The maximum Gasteiger partial charge on any atom is 0.407 e. The zero-order chi connectivity index (χ0) is 17.2. The molecule has 1 aliphatic rings. The van der Waals surface area contributed by atoms with Crippen molar-refractivity contribution in [3.63, 3.8) is 0 Å². The van der Waals surface area contributed by atoms with E-state index in [0.717, 1.165) is 12.8 Å². The van der Waals surface area contributed by atoms with Crippen LogP contribution in [0.4, 0.5) is 16.4 Å². The molecule has 9 heteroatoms. The maximum absolute atomic E-state index is 11.7. The lowest BCUT2D eigenvalue weighted by molar-refractivity contribution is 0.0475. The number of halogens is 1. The number of ether oxygens (including phenoxy) is 1. The number of hydrogen-bond donors (Lipinski definition) is 4. The molecule has 1 aromatic rings. The van der Waals surface area contributed by atoms with E-state index < -0.39 is 11.7 Å². The Morgan fingerprint density at radius 2 is 2.09 bits per heavy atom. The average Bonchev–Trinajstić information content (AvgIpc) is 2.33. The number of aromatic nitrogens is 2. The minimum Gasteiger partial charge on any atom is -0.444 e. The second-order valence-electron chi connectivity index (χ2n) is 6.45. The van der Waals surface area contributed by atoms with Gasteiger partial charge in [-0.15, -0.1) is 0 Å². The van der Waals surface area contributed by atoms with E-state index in [0.29, 0.717) is 11.4 Å². The van der Waals surface area contributed by atoms with E-state index in [1.54, 1.807) is 0 Å². The number of nitrogens with one attached hydrogen (secondary N) is 3. The molecule has 1 saturated carbocycles. The molecule has 0 saturated heterocycles. The summed E-state index contributed by atoms with van der Waals surface area (Å²) in [6, 6.07) is 0.211. The molecule has 1 aromatic heterocycles. The standard InChI is InChI=1S/C14H21BrN6O2.H2/c1-14(2,3)23-13(22)21-8-4-7(5-8)20-12-9(10(15)16)11(17)18-6-19-12;/h6-8,16H,4-5H2,1-3H3,(H,21,22)(H3,17,18,19,20);1H. The fourth-order valence-electron chi connectivity index (χ4n) is 2.25. The zero-order valence-electron chi connectivity index (χ0n) is 13.3. The largest absolute Gasteiger partial charge is 0.444 e. The Bertz CT molecular complexity index is 616. The number of amides is 1. The lowest BCUT2D eigenvalue weighted by atomic mass is 9.87. The summed E-state index contributed by atoms with van der Waals surface area (Å²) >= 11 is 3.10. The number of nitrogen functional groups attached to an aromatic ring is 1. The van der Waals surface area contributed by atoms with Gasteiger partial charge in [0.25, 0.3) is 0 Å². The van der Waals surface area contributed by atoms with Crippen LogP contribution in [0.2, 0.25) is 0 Å². The topological polar surface area (TPSA) is 126 Å². The predicted molar refractivity (Wildman–Crippen MR) is 94.1 cm³/mol. The minimum absolute atomic E-state index is 0. The Morgan fingerprint density at radius 3 is 2.65 bits per heavy atom. The molecular formula is C14H23BrN6O2. The first-order valence-corrected chi connectivity index (χ1v) is 8.06. The van der Waals surface area contributed by atoms with Gasteiger partial charge in [0.2, 0.25) is 0 Å². The molecule has 0 bridgehead atoms. The summed E-state index contributed by atoms with van der Waals surface area (Å²) in [7, 11) is 0. The van der Waals surface area contributed by atoms with Crippen molar-refractivity contribution in [1.82, 2.24) is 15.3 Å². The third-order valence-electron chi connectivity index (χ3n) is 3.30. The van der Waals surface area contributed by atoms with Crippen molar-refractivity contribution in [3.8, 4) is 0 Å². The highest BCUT2D eigenvalue weighted by molar-refractivity contribution is 9.18. The van der Waals surface area contributed by atoms with Gasteiger partial charge >= 0.3 is 6.09 Å². The van der Waals surface area contributed by atoms with Gasteiger partial charge in [0.1, 0.15) is 28.2 Å². The van der Waals surface area contributed by atoms with Crippen LogP contribution >= 0.6 is 15.9 Å². The van der Waals surface area contributed by atoms with Crippen molar-refractivity contribution in [2.24, 2.45) is 0 Å². The van der Waals surface area contributed by atoms with Gasteiger partial charge in [-0.25, -0.2) is 14.8 Å². The second-order valence-corrected chi connectivity index (χ2v) is 7.25. The first-order valence-electron chi connectivity index (χ1n) is 7.26. The molecule has 1 heterocycles. The van der Waals surface area contributed by atoms with Crippen LogP contribution in [0.5, 0.6) is 0 Å². The maximum atomic E-state index is 11.7. The molecule has 0 radical (unpaired) electrons. The van der Waals surface area contributed by atoms with Gasteiger partial charge < -0.3 is 21.1 Å². The Balaban J connectivity index is 0.00000288. The first-order chi connectivity index (χ1) is 10.7. The summed E-state index contributed by atoms with van der Waals surface area (Å²) in [5.74, 6) is 0.757. The van der Waals surface area contributed by atoms with E-state index in [-0.39, 0.29) is 23.9 Å². The minimum atomic E-state index is -0.505. The Labute approximate surface area is 144 Å². The number of nitrogens with two attached hydrogens (primary N) is 1. The SMILES string of the molecule is CC(C)(C)OC(=O)NC1CC(Nc2ncnc(N)c2C(=N)Br)C1.[HH]. The van der Waals surface area contributed by atoms with Crippen LogP contribution in [0.1, 0.15) is 40.6 Å². The first kappa shape index (κ1) is 17.5. The van der Waals surface area contributed by atoms with Crippen LogP contribution in [0, 0.1) is 5.41 Å². The molecule has 0 unspecified atom stereocenters. The van der Waals surface area contributed by atoms with Crippen LogP contribution < -0.4 is 16.4 Å². The molecule has 1 aliphatic carbocycles. The third kappa shape index (κ3) is 4.78. The van der Waals surface area contributed by atoms with Crippen LogP contribution in [0.15, 0.2) is 6.33 Å². The monoisotopic (exact) mass is 386 g/mol. The van der Waals surface area contributed by atoms with Crippen LogP contribution in [0.25, 0.3) is 0 Å². The van der Waals surface area contributed by atoms with Crippen LogP contribution in [0.3, 0.4) is 0 Å². The smallest absolute Gasteiger partial charge is 0.407 e. The number of anilines is 2. The number of carbonyl (C=O) groups excluding carboxylic acids is 1. The number of rotatable bonds is 4. The van der Waals surface area contributed by atoms with E-state index in [1.807, 2.05) is 20.8 Å². The lowest BCUT2D eigenvalue weighted by Crippen LogP contribution is -2.51. The van der Waals surface area contributed by atoms with Gasteiger partial charge in [-0.2, -0.15) is 0 Å². The van der Waals surface area contributed by atoms with Gasteiger partial charge in [0.15, 0.2) is 0 Å². The molecule has 0 aromatic carbocycles. The van der Waals surface area contributed by atoms with Crippen LogP contribution in [-0.2, 0) is 4.74 Å². The molecule has 2 rings (SSSR count). The van der Waals surface area contributed by atoms with Gasteiger partial charge in [0.05, 0.1) is 5.56 Å². The van der Waals surface area contributed by atoms with Crippen molar-refractivity contribution in [3.05, 3.63) is 11.9 Å². The number of nitrogens with zero attached hydrogens (tertiary/aromatic N) is 2. The highest BCUT2D eigenvalue weighted by Gasteiger charge is 2.32. The lowest BCUT2D eigenvalue weighted by Gasteiger charge is -2.37. The van der Waals surface area contributed by atoms with Gasteiger partial charge in [-0.05, 0) is 49.5 Å². The molecule has 8 nitrogen and oxygen atoms in total. The highest BCUT2D eigenvalue weighted by Crippen LogP contribution is 2.27. The van der Waals surface area contributed by atoms with E-state index >= 15 is 0 Å². The predicted octanol–water partition coefficient (Wildman–Crippen LogP) is 2.49. The normalized spacial score (nSPS) is 20.3. The third-order valence-corrected chi connectivity index (χ3v) is 3.69. The average molecular weight is 387 g/mol. The van der Waals surface area contributed by atoms with Crippen LogP contribution in [-0.4, -0.2) is 38.4 Å². The Morgan fingerprint density at radius 1 is 1.43 bits per heavy atom. The van der Waals surface area contributed by atoms with Crippen molar-refractivity contribution in [2.75, 3.05) is 11.1 Å². The quantitative estimate of drug-likeness (QED) is 0.588. The Hall–Kier alpha value is -1.90. The van der Waals surface area contributed by atoms with Crippen molar-refractivity contribution in [2.45, 2.75) is 51.3 Å². The molecule has 5 N–H and O–H groups in total. The summed E-state index contributed by atoms with van der Waals surface area (Å²) in [5, 5.41) is 13.7. The molecule has 1 fully saturated rings. The zero-order valence-corrected chi connectivity index (χ0v) is 14.9. The molecule has 128 valence electrons. The van der Waals surface area contributed by atoms with Gasteiger partial charge in [-0.1, -0.05) is 0 Å². The number of carbonyl (C=O) groups is 1. The van der Waals surface area contributed by atoms with Gasteiger partial charge in [-0.3, -0.25) is 5.41 Å². The number of hydrogen-bond acceptors (Lipinski definition) is 7. The molecule has 0 atom stereocenters. The summed E-state index contributed by atoms with van der Waals surface area (Å²) < 4.78 is 5.35.